The number of aromatic hydroxyl groups is 2. The second-order valence-electron chi connectivity index (χ2n) is 4.44. The van der Waals surface area contributed by atoms with Crippen LogP contribution in [-0.4, -0.2) is 10.2 Å². The van der Waals surface area contributed by atoms with Crippen molar-refractivity contribution in [3.63, 3.8) is 0 Å². The van der Waals surface area contributed by atoms with Gasteiger partial charge in [-0.1, -0.05) is 24.3 Å². The smallest absolute Gasteiger partial charge is 0.124 e. The molecule has 4 heteroatoms. The van der Waals surface area contributed by atoms with Gasteiger partial charge in [0.05, 0.1) is 11.7 Å². The SMILES string of the molecule is Oc1ccc(C2C=C(c3ccccc3O)NN2)cc1. The molecular formula is C15H14N2O2. The lowest BCUT2D eigenvalue weighted by Crippen LogP contribution is -2.26. The molecule has 4 nitrogen and oxygen atoms in total. The normalized spacial score (nSPS) is 17.9. The lowest BCUT2D eigenvalue weighted by Gasteiger charge is -2.09. The predicted molar refractivity (Wildman–Crippen MR) is 73.2 cm³/mol. The van der Waals surface area contributed by atoms with Crippen LogP contribution in [0.3, 0.4) is 0 Å². The van der Waals surface area contributed by atoms with Gasteiger partial charge < -0.3 is 15.6 Å². The maximum absolute atomic E-state index is 9.82. The van der Waals surface area contributed by atoms with E-state index < -0.39 is 0 Å². The van der Waals surface area contributed by atoms with Crippen LogP contribution in [0.1, 0.15) is 17.2 Å². The molecule has 2 aromatic rings. The van der Waals surface area contributed by atoms with Crippen molar-refractivity contribution >= 4 is 5.70 Å². The summed E-state index contributed by atoms with van der Waals surface area (Å²) in [5, 5.41) is 19.1. The van der Waals surface area contributed by atoms with E-state index in [1.54, 1.807) is 24.3 Å². The lowest BCUT2D eigenvalue weighted by molar-refractivity contribution is 0.472. The zero-order chi connectivity index (χ0) is 13.2. The second-order valence-corrected chi connectivity index (χ2v) is 4.44. The van der Waals surface area contributed by atoms with Crippen LogP contribution in [0.4, 0.5) is 0 Å². The summed E-state index contributed by atoms with van der Waals surface area (Å²) in [5.41, 5.74) is 8.84. The van der Waals surface area contributed by atoms with Crippen LogP contribution in [0, 0.1) is 0 Å². The van der Waals surface area contributed by atoms with Crippen molar-refractivity contribution in [2.24, 2.45) is 0 Å². The molecule has 1 aliphatic rings. The Morgan fingerprint density at radius 2 is 1.63 bits per heavy atom. The van der Waals surface area contributed by atoms with E-state index >= 15 is 0 Å². The molecule has 0 saturated heterocycles. The monoisotopic (exact) mass is 254 g/mol. The van der Waals surface area contributed by atoms with Gasteiger partial charge in [-0.15, -0.1) is 0 Å². The minimum Gasteiger partial charge on any atom is -0.508 e. The molecule has 96 valence electrons. The highest BCUT2D eigenvalue weighted by molar-refractivity contribution is 5.70. The highest BCUT2D eigenvalue weighted by Gasteiger charge is 2.18. The molecule has 1 atom stereocenters. The van der Waals surface area contributed by atoms with E-state index in [-0.39, 0.29) is 17.5 Å². The average molecular weight is 254 g/mol. The summed E-state index contributed by atoms with van der Waals surface area (Å²) in [6.45, 7) is 0. The Hall–Kier alpha value is -2.46. The molecule has 1 aliphatic heterocycles. The van der Waals surface area contributed by atoms with Gasteiger partial charge in [-0.05, 0) is 35.9 Å². The van der Waals surface area contributed by atoms with E-state index in [2.05, 4.69) is 10.9 Å². The lowest BCUT2D eigenvalue weighted by atomic mass is 10.0. The third-order valence-corrected chi connectivity index (χ3v) is 3.14. The number of phenols is 2. The number of para-hydroxylation sites is 1. The van der Waals surface area contributed by atoms with Gasteiger partial charge in [0.1, 0.15) is 11.5 Å². The van der Waals surface area contributed by atoms with Gasteiger partial charge in [-0.25, -0.2) is 5.43 Å². The molecule has 0 radical (unpaired) electrons. The van der Waals surface area contributed by atoms with Gasteiger partial charge >= 0.3 is 0 Å². The molecule has 1 heterocycles. The Bertz CT molecular complexity index is 620. The van der Waals surface area contributed by atoms with Crippen LogP contribution in [0.15, 0.2) is 54.6 Å². The largest absolute Gasteiger partial charge is 0.508 e. The van der Waals surface area contributed by atoms with Gasteiger partial charge in [0, 0.05) is 5.56 Å². The molecule has 1 unspecified atom stereocenters. The fraction of sp³-hybridized carbons (Fsp3) is 0.0667. The summed E-state index contributed by atoms with van der Waals surface area (Å²) in [4.78, 5) is 0. The van der Waals surface area contributed by atoms with Crippen molar-refractivity contribution < 1.29 is 10.2 Å². The Morgan fingerprint density at radius 3 is 2.37 bits per heavy atom. The molecule has 4 N–H and O–H groups in total. The molecule has 0 amide bonds. The second kappa shape index (κ2) is 4.66. The fourth-order valence-electron chi connectivity index (χ4n) is 2.13. The van der Waals surface area contributed by atoms with Crippen molar-refractivity contribution in [2.75, 3.05) is 0 Å². The number of benzene rings is 2. The highest BCUT2D eigenvalue weighted by atomic mass is 16.3. The van der Waals surface area contributed by atoms with E-state index in [1.165, 1.54) is 0 Å². The first-order valence-corrected chi connectivity index (χ1v) is 6.05. The summed E-state index contributed by atoms with van der Waals surface area (Å²) in [5.74, 6) is 0.494. The Labute approximate surface area is 111 Å². The van der Waals surface area contributed by atoms with Gasteiger partial charge in [-0.2, -0.15) is 0 Å². The van der Waals surface area contributed by atoms with Gasteiger partial charge in [-0.3, -0.25) is 0 Å². The molecule has 0 aliphatic carbocycles. The maximum atomic E-state index is 9.82. The average Bonchev–Trinajstić information content (AvgIpc) is 2.89. The molecule has 3 rings (SSSR count). The number of rotatable bonds is 2. The summed E-state index contributed by atoms with van der Waals surface area (Å²) in [7, 11) is 0. The quantitative estimate of drug-likeness (QED) is 0.664. The number of phenolic OH excluding ortho intramolecular Hbond substituents is 2. The first kappa shape index (κ1) is 11.6. The maximum Gasteiger partial charge on any atom is 0.124 e. The van der Waals surface area contributed by atoms with Crippen molar-refractivity contribution in [2.45, 2.75) is 6.04 Å². The molecule has 19 heavy (non-hydrogen) atoms. The molecule has 0 spiro atoms. The highest BCUT2D eigenvalue weighted by Crippen LogP contribution is 2.29. The molecule has 0 bridgehead atoms. The minimum atomic E-state index is 0.00945. The van der Waals surface area contributed by atoms with Crippen LogP contribution in [0.2, 0.25) is 0 Å². The zero-order valence-electron chi connectivity index (χ0n) is 10.2. The van der Waals surface area contributed by atoms with Crippen molar-refractivity contribution in [1.29, 1.82) is 0 Å². The molecular weight excluding hydrogens is 240 g/mol. The third kappa shape index (κ3) is 2.26. The van der Waals surface area contributed by atoms with E-state index in [9.17, 15) is 10.2 Å². The van der Waals surface area contributed by atoms with E-state index in [4.69, 9.17) is 0 Å². The van der Waals surface area contributed by atoms with Crippen LogP contribution >= 0.6 is 0 Å². The van der Waals surface area contributed by atoms with Crippen molar-refractivity contribution in [3.05, 3.63) is 65.7 Å². The molecule has 0 fully saturated rings. The predicted octanol–water partition coefficient (Wildman–Crippen LogP) is 2.29. The van der Waals surface area contributed by atoms with Gasteiger partial charge in [0.2, 0.25) is 0 Å². The number of hydrogen-bond acceptors (Lipinski definition) is 4. The molecule has 2 aromatic carbocycles. The third-order valence-electron chi connectivity index (χ3n) is 3.14. The van der Waals surface area contributed by atoms with Crippen molar-refractivity contribution in [1.82, 2.24) is 10.9 Å². The summed E-state index contributed by atoms with van der Waals surface area (Å²) in [6, 6.07) is 14.2. The van der Waals surface area contributed by atoms with Crippen LogP contribution in [0.5, 0.6) is 11.5 Å². The Kier molecular flexibility index (Phi) is 2.85. The standard InChI is InChI=1S/C15H14N2O2/c18-11-7-5-10(6-8-11)13-9-14(17-16-13)12-3-1-2-4-15(12)19/h1-9,13,16-19H. The summed E-state index contributed by atoms with van der Waals surface area (Å²) in [6.07, 6.45) is 2.00. The van der Waals surface area contributed by atoms with E-state index in [1.807, 2.05) is 30.3 Å². The van der Waals surface area contributed by atoms with E-state index in [0.29, 0.717) is 0 Å². The Morgan fingerprint density at radius 1 is 0.895 bits per heavy atom. The van der Waals surface area contributed by atoms with E-state index in [0.717, 1.165) is 16.8 Å². The van der Waals surface area contributed by atoms with Gasteiger partial charge in [0.15, 0.2) is 0 Å². The number of hydrogen-bond donors (Lipinski definition) is 4. The summed E-state index contributed by atoms with van der Waals surface area (Å²) < 4.78 is 0. The van der Waals surface area contributed by atoms with Crippen LogP contribution in [-0.2, 0) is 0 Å². The Balaban J connectivity index is 1.89. The first-order valence-electron chi connectivity index (χ1n) is 6.05. The zero-order valence-corrected chi connectivity index (χ0v) is 10.2. The van der Waals surface area contributed by atoms with Crippen molar-refractivity contribution in [3.8, 4) is 11.5 Å². The fourth-order valence-corrected chi connectivity index (χ4v) is 2.13. The number of hydrazine groups is 1. The number of nitrogens with one attached hydrogen (secondary N) is 2. The first-order chi connectivity index (χ1) is 9.24. The summed E-state index contributed by atoms with van der Waals surface area (Å²) >= 11 is 0. The molecule has 0 aromatic heterocycles. The van der Waals surface area contributed by atoms with Crippen LogP contribution < -0.4 is 10.9 Å². The van der Waals surface area contributed by atoms with Crippen LogP contribution in [0.25, 0.3) is 5.70 Å². The molecule has 0 saturated carbocycles. The minimum absolute atomic E-state index is 0.00945. The topological polar surface area (TPSA) is 64.5 Å². The van der Waals surface area contributed by atoms with Gasteiger partial charge in [0.25, 0.3) is 0 Å².